The van der Waals surface area contributed by atoms with E-state index in [1.165, 1.54) is 0 Å². The fourth-order valence-electron chi connectivity index (χ4n) is 3.69. The molecule has 0 unspecified atom stereocenters. The van der Waals surface area contributed by atoms with Gasteiger partial charge in [0.15, 0.2) is 19.5 Å². The van der Waals surface area contributed by atoms with Crippen LogP contribution in [0.2, 0.25) is 13.1 Å². The van der Waals surface area contributed by atoms with Crippen molar-refractivity contribution in [2.75, 3.05) is 60.3 Å². The lowest BCUT2D eigenvalue weighted by Crippen LogP contribution is -2.28. The van der Waals surface area contributed by atoms with Crippen molar-refractivity contribution in [3.05, 3.63) is 0 Å². The fourth-order valence-corrected chi connectivity index (χ4v) is 5.43. The molecule has 15 nitrogen and oxygen atoms in total. The molecule has 0 aliphatic carbocycles. The van der Waals surface area contributed by atoms with E-state index in [-0.39, 0.29) is 126 Å². The van der Waals surface area contributed by atoms with E-state index in [9.17, 15) is 0 Å². The van der Waals surface area contributed by atoms with E-state index in [0.717, 1.165) is 25.6 Å². The van der Waals surface area contributed by atoms with Crippen LogP contribution < -0.4 is 21.3 Å². The zero-order valence-electron chi connectivity index (χ0n) is 58.0. The maximum atomic E-state index is 5.37. The van der Waals surface area contributed by atoms with Gasteiger partial charge in [0.2, 0.25) is 0 Å². The Labute approximate surface area is 541 Å². The highest BCUT2D eigenvalue weighted by molar-refractivity contribution is 6.25. The second kappa shape index (κ2) is 87.0. The summed E-state index contributed by atoms with van der Waals surface area (Å²) in [4.78, 5) is 0. The number of nitrogens with one attached hydrogen (secondary N) is 4. The minimum Gasteiger partial charge on any atom is -0.420 e. The van der Waals surface area contributed by atoms with Crippen LogP contribution in [0.25, 0.3) is 0 Å². The number of hydrogen-bond acceptors (Lipinski definition) is 15. The van der Waals surface area contributed by atoms with Gasteiger partial charge in [-0.1, -0.05) is 121 Å². The van der Waals surface area contributed by atoms with Crippen molar-refractivity contribution >= 4 is 19.5 Å². The summed E-state index contributed by atoms with van der Waals surface area (Å²) >= 11 is 0. The molecule has 0 aliphatic heterocycles. The maximum absolute atomic E-state index is 5.37. The predicted octanol–water partition coefficient (Wildman–Crippen LogP) is 18.1. The molecule has 538 valence electrons. The first-order valence-corrected chi connectivity index (χ1v) is 33.1. The number of rotatable bonds is 27. The van der Waals surface area contributed by atoms with Crippen molar-refractivity contribution in [1.82, 2.24) is 21.3 Å². The standard InChI is InChI=1S/C9H21NO2.C9H20O3.C7H17NO.C7H17N.C7H16O2.C5H13N.2C5H14OSi.C5H12O.8CH4/c1-8(2)10-6-11-7-12-9(3,4)5;1-8(2)11-6-10-7-12-9(3,4)5;1-6(2)8-5-9-7(3)4;1-6(2)5-8-7(3)4;1-6(2)8-5-9-7(3)4;1-4-6-5(2)3;2*1-5(2,3)6-7-4;1-4-6-5(2)3;;;;;;;;/h8,10H,6-7H2,1-5H3;8H,6-7H2,1-5H3;6-8H,5H2,1-4H3;6-8H,5H2,1-4H3;6-7H,5H2,1-4H3;5-6H,4H2,1-3H3;2*7H2,1-4H3;5H,4H2,1-3H3;8*1H4. The minimum absolute atomic E-state index is 0. The Morgan fingerprint density at radius 1 is 0.321 bits per heavy atom. The lowest BCUT2D eigenvalue weighted by Gasteiger charge is -2.19. The predicted molar refractivity (Wildman–Crippen MR) is 392 cm³/mol. The van der Waals surface area contributed by atoms with Crippen molar-refractivity contribution in [2.45, 2.75) is 385 Å². The van der Waals surface area contributed by atoms with Gasteiger partial charge in [-0.05, 0) is 206 Å². The molecule has 84 heavy (non-hydrogen) atoms. The summed E-state index contributed by atoms with van der Waals surface area (Å²) in [5.74, 6) is 0.775. The van der Waals surface area contributed by atoms with Gasteiger partial charge >= 0.3 is 0 Å². The molecule has 0 atom stereocenters. The molecule has 0 spiro atoms. The smallest absolute Gasteiger partial charge is 0.159 e. The molecule has 0 amide bonds. The molecule has 0 aromatic carbocycles. The Morgan fingerprint density at radius 3 is 0.786 bits per heavy atom. The summed E-state index contributed by atoms with van der Waals surface area (Å²) in [6.07, 6.45) is 1.47. The molecule has 0 bridgehead atoms. The van der Waals surface area contributed by atoms with Gasteiger partial charge in [0, 0.05) is 42.0 Å². The van der Waals surface area contributed by atoms with Crippen LogP contribution in [0.1, 0.15) is 295 Å². The highest BCUT2D eigenvalue weighted by atomic mass is 28.2. The average Bonchev–Trinajstić information content (AvgIpc) is 3.19. The summed E-state index contributed by atoms with van der Waals surface area (Å²) in [6, 6.07) is 2.26. The first kappa shape index (κ1) is 129. The fraction of sp³-hybridized carbons (Fsp3) is 1.00. The third kappa shape index (κ3) is 224. The normalized spacial score (nSPS) is 10.8. The largest absolute Gasteiger partial charge is 0.420 e. The lowest BCUT2D eigenvalue weighted by molar-refractivity contribution is -0.175. The van der Waals surface area contributed by atoms with Gasteiger partial charge in [-0.2, -0.15) is 0 Å². The zero-order chi connectivity index (χ0) is 62.2. The van der Waals surface area contributed by atoms with Crippen LogP contribution in [0.3, 0.4) is 0 Å². The van der Waals surface area contributed by atoms with Crippen LogP contribution >= 0.6 is 0 Å². The molecule has 4 N–H and O–H groups in total. The van der Waals surface area contributed by atoms with Crippen LogP contribution in [-0.4, -0.2) is 157 Å². The van der Waals surface area contributed by atoms with Gasteiger partial charge in [0.1, 0.15) is 27.2 Å². The number of hydrogen-bond donors (Lipinski definition) is 4. The topological polar surface area (TPSA) is 150 Å². The van der Waals surface area contributed by atoms with E-state index >= 15 is 0 Å². The molecule has 0 aromatic rings. The lowest BCUT2D eigenvalue weighted by atomic mass is 10.2. The number of ether oxygens (including phenoxy) is 9. The van der Waals surface area contributed by atoms with Gasteiger partial charge in [-0.3, -0.25) is 10.6 Å². The Kier molecular flexibility index (Phi) is 133. The highest BCUT2D eigenvalue weighted by Gasteiger charge is 2.10. The van der Waals surface area contributed by atoms with Gasteiger partial charge < -0.3 is 62.1 Å². The maximum Gasteiger partial charge on any atom is 0.159 e. The van der Waals surface area contributed by atoms with Gasteiger partial charge in [-0.15, -0.1) is 0 Å². The van der Waals surface area contributed by atoms with E-state index in [2.05, 4.69) is 152 Å². The Balaban J connectivity index is -0.0000000400. The third-order valence-electron chi connectivity index (χ3n) is 7.14. The van der Waals surface area contributed by atoms with Gasteiger partial charge in [0.25, 0.3) is 0 Å². The Hall–Kier alpha value is -0.166. The van der Waals surface area contributed by atoms with Crippen molar-refractivity contribution < 1.29 is 51.5 Å². The van der Waals surface area contributed by atoms with Crippen LogP contribution in [0, 0.1) is 5.92 Å². The monoisotopic (exact) mass is 1270 g/mol. The molecular weight excluding hydrogens is 1090 g/mol. The minimum atomic E-state index is -0.190. The van der Waals surface area contributed by atoms with E-state index in [4.69, 9.17) is 51.5 Å². The van der Waals surface area contributed by atoms with Gasteiger partial charge in [-0.25, -0.2) is 0 Å². The van der Waals surface area contributed by atoms with Crippen LogP contribution in [0.15, 0.2) is 0 Å². The van der Waals surface area contributed by atoms with E-state index in [1.807, 2.05) is 118 Å². The quantitative estimate of drug-likeness (QED) is 0.0351. The Morgan fingerprint density at radius 2 is 0.607 bits per heavy atom. The first-order valence-electron chi connectivity index (χ1n) is 29.1. The van der Waals surface area contributed by atoms with E-state index in [0.29, 0.717) is 70.2 Å². The van der Waals surface area contributed by atoms with Crippen LogP contribution in [-0.2, 0) is 51.5 Å². The van der Waals surface area contributed by atoms with E-state index < -0.39 is 0 Å². The first-order chi connectivity index (χ1) is 34.4. The second-order valence-electron chi connectivity index (χ2n) is 24.5. The molecule has 0 aliphatic rings. The van der Waals surface area contributed by atoms with Gasteiger partial charge in [0.05, 0.1) is 55.2 Å². The summed E-state index contributed by atoms with van der Waals surface area (Å²) in [5.41, 5.74) is -0.0302. The van der Waals surface area contributed by atoms with Crippen LogP contribution in [0.4, 0.5) is 0 Å². The summed E-state index contributed by atoms with van der Waals surface area (Å²) in [5, 5.41) is 12.8. The second-order valence-corrected chi connectivity index (χ2v) is 26.3. The van der Waals surface area contributed by atoms with Crippen LogP contribution in [0.5, 0.6) is 0 Å². The van der Waals surface area contributed by atoms with Crippen molar-refractivity contribution in [3.63, 3.8) is 0 Å². The van der Waals surface area contributed by atoms with Crippen molar-refractivity contribution in [1.29, 1.82) is 0 Å². The molecular formula is C67H176N4O11Si2. The molecule has 17 heteroatoms. The highest BCUT2D eigenvalue weighted by Crippen LogP contribution is 2.07. The van der Waals surface area contributed by atoms with E-state index in [1.54, 1.807) is 0 Å². The van der Waals surface area contributed by atoms with Crippen molar-refractivity contribution in [3.8, 4) is 0 Å². The summed E-state index contributed by atoms with van der Waals surface area (Å²) in [6.45, 7) is 79.9. The molecule has 0 radical (unpaired) electrons. The SMILES string of the molecule is C.C.C.C.C.C.C.C.CC(C)CNC(C)C.CC(C)NCOC(C)C.CC(C)NCOCOC(C)(C)C.CC(C)OCOC(C)C.CC(C)OCOCOC(C)(C)C.CCNC(C)C.CCOC(C)C.C[SiH2]OC(C)(C)C.C[SiH2]OC(C)(C)C. The molecule has 0 saturated heterocycles. The zero-order valence-corrected chi connectivity index (χ0v) is 60.9. The summed E-state index contributed by atoms with van der Waals surface area (Å²) in [7, 11) is -0.380. The van der Waals surface area contributed by atoms with Crippen molar-refractivity contribution in [2.24, 2.45) is 5.92 Å². The Bertz CT molecular complexity index is 940. The molecule has 0 saturated carbocycles. The molecule has 0 aromatic heterocycles. The average molecular weight is 1270 g/mol. The molecule has 0 heterocycles. The summed E-state index contributed by atoms with van der Waals surface area (Å²) < 4.78 is 57.4. The molecule has 0 fully saturated rings. The third-order valence-corrected chi connectivity index (χ3v) is 9.45. The molecule has 0 rings (SSSR count).